The highest BCUT2D eigenvalue weighted by molar-refractivity contribution is 7.91. The number of aryl methyl sites for hydroxylation is 1. The number of nitrogens with one attached hydrogen (secondary N) is 1. The lowest BCUT2D eigenvalue weighted by molar-refractivity contribution is 0.0940. The van der Waals surface area contributed by atoms with Gasteiger partial charge in [-0.1, -0.05) is 0 Å². The van der Waals surface area contributed by atoms with Gasteiger partial charge in [-0.25, -0.2) is 8.42 Å². The number of amides is 1. The van der Waals surface area contributed by atoms with E-state index in [4.69, 9.17) is 9.47 Å². The van der Waals surface area contributed by atoms with Crippen molar-refractivity contribution in [3.05, 3.63) is 23.3 Å². The molecule has 1 amide bonds. The second kappa shape index (κ2) is 5.93. The van der Waals surface area contributed by atoms with E-state index in [0.717, 1.165) is 5.56 Å². The van der Waals surface area contributed by atoms with Crippen LogP contribution in [0.5, 0.6) is 11.5 Å². The molecular formula is C14H19NO5S. The number of rotatable bonds is 4. The smallest absolute Gasteiger partial charge is 0.251 e. The average Bonchev–Trinajstić information content (AvgIpc) is 2.77. The zero-order valence-electron chi connectivity index (χ0n) is 12.3. The van der Waals surface area contributed by atoms with Crippen molar-refractivity contribution in [2.24, 2.45) is 0 Å². The highest BCUT2D eigenvalue weighted by atomic mass is 32.2. The normalized spacial score (nSPS) is 20.0. The van der Waals surface area contributed by atoms with Crippen molar-refractivity contribution in [3.8, 4) is 11.5 Å². The molecule has 7 heteroatoms. The molecule has 0 aromatic heterocycles. The van der Waals surface area contributed by atoms with Gasteiger partial charge in [0.25, 0.3) is 5.91 Å². The van der Waals surface area contributed by atoms with Gasteiger partial charge in [-0.05, 0) is 31.0 Å². The Bertz CT molecular complexity index is 654. The first-order valence-corrected chi connectivity index (χ1v) is 8.42. The second-order valence-electron chi connectivity index (χ2n) is 5.10. The van der Waals surface area contributed by atoms with Crippen LogP contribution in [-0.4, -0.2) is 46.1 Å². The maximum atomic E-state index is 12.3. The summed E-state index contributed by atoms with van der Waals surface area (Å²) in [6.07, 6.45) is 0.459. The molecule has 1 aromatic rings. The lowest BCUT2D eigenvalue weighted by Crippen LogP contribution is -2.35. The van der Waals surface area contributed by atoms with E-state index in [2.05, 4.69) is 5.32 Å². The monoisotopic (exact) mass is 313 g/mol. The van der Waals surface area contributed by atoms with Crippen molar-refractivity contribution in [3.63, 3.8) is 0 Å². The van der Waals surface area contributed by atoms with Gasteiger partial charge in [0.05, 0.1) is 25.7 Å². The van der Waals surface area contributed by atoms with Gasteiger partial charge in [-0.15, -0.1) is 0 Å². The molecular weight excluding hydrogens is 294 g/mol. The van der Waals surface area contributed by atoms with Crippen molar-refractivity contribution in [2.75, 3.05) is 25.7 Å². The summed E-state index contributed by atoms with van der Waals surface area (Å²) < 4.78 is 33.2. The molecule has 1 fully saturated rings. The fourth-order valence-electron chi connectivity index (χ4n) is 2.40. The molecule has 1 atom stereocenters. The summed E-state index contributed by atoms with van der Waals surface area (Å²) in [7, 11) is 0.0103. The number of hydrogen-bond donors (Lipinski definition) is 1. The Hall–Kier alpha value is -1.76. The second-order valence-corrected chi connectivity index (χ2v) is 7.32. The zero-order chi connectivity index (χ0) is 15.6. The van der Waals surface area contributed by atoms with E-state index < -0.39 is 9.84 Å². The molecule has 0 bridgehead atoms. The minimum Gasteiger partial charge on any atom is -0.493 e. The van der Waals surface area contributed by atoms with Crippen molar-refractivity contribution >= 4 is 15.7 Å². The van der Waals surface area contributed by atoms with Gasteiger partial charge in [0.1, 0.15) is 0 Å². The van der Waals surface area contributed by atoms with E-state index in [1.807, 2.05) is 0 Å². The van der Waals surface area contributed by atoms with Gasteiger partial charge >= 0.3 is 0 Å². The Balaban J connectivity index is 2.19. The van der Waals surface area contributed by atoms with Gasteiger partial charge in [0.15, 0.2) is 21.3 Å². The SMILES string of the molecule is COc1cc(C)c(C(=O)NC2CCS(=O)(=O)C2)cc1OC. The number of carbonyl (C=O) groups is 1. The van der Waals surface area contributed by atoms with E-state index in [1.165, 1.54) is 14.2 Å². The first kappa shape index (κ1) is 15.6. The lowest BCUT2D eigenvalue weighted by atomic mass is 10.1. The van der Waals surface area contributed by atoms with Gasteiger partial charge in [0, 0.05) is 11.6 Å². The quantitative estimate of drug-likeness (QED) is 0.894. The van der Waals surface area contributed by atoms with Crippen molar-refractivity contribution < 1.29 is 22.7 Å². The number of carbonyl (C=O) groups excluding carboxylic acids is 1. The maximum absolute atomic E-state index is 12.3. The molecule has 1 aliphatic rings. The third-order valence-electron chi connectivity index (χ3n) is 3.54. The summed E-state index contributed by atoms with van der Waals surface area (Å²) >= 11 is 0. The van der Waals surface area contributed by atoms with E-state index in [9.17, 15) is 13.2 Å². The number of ether oxygens (including phenoxy) is 2. The lowest BCUT2D eigenvalue weighted by Gasteiger charge is -2.15. The van der Waals surface area contributed by atoms with Crippen LogP contribution in [0.4, 0.5) is 0 Å². The van der Waals surface area contributed by atoms with Crippen LogP contribution in [0.1, 0.15) is 22.3 Å². The van der Waals surface area contributed by atoms with E-state index in [1.54, 1.807) is 19.1 Å². The fraction of sp³-hybridized carbons (Fsp3) is 0.500. The van der Waals surface area contributed by atoms with Crippen LogP contribution < -0.4 is 14.8 Å². The van der Waals surface area contributed by atoms with E-state index >= 15 is 0 Å². The summed E-state index contributed by atoms with van der Waals surface area (Å²) in [5.41, 5.74) is 1.20. The highest BCUT2D eigenvalue weighted by Gasteiger charge is 2.29. The molecule has 1 saturated heterocycles. The molecule has 1 aromatic carbocycles. The van der Waals surface area contributed by atoms with Gasteiger partial charge < -0.3 is 14.8 Å². The van der Waals surface area contributed by atoms with E-state index in [0.29, 0.717) is 23.5 Å². The van der Waals surface area contributed by atoms with Crippen LogP contribution in [0.3, 0.4) is 0 Å². The summed E-state index contributed by atoms with van der Waals surface area (Å²) in [5.74, 6) is 0.853. The summed E-state index contributed by atoms with van der Waals surface area (Å²) in [4.78, 5) is 12.3. The van der Waals surface area contributed by atoms with Crippen LogP contribution in [0.2, 0.25) is 0 Å². The molecule has 116 valence electrons. The van der Waals surface area contributed by atoms with Crippen LogP contribution in [-0.2, 0) is 9.84 Å². The van der Waals surface area contributed by atoms with Gasteiger partial charge in [0.2, 0.25) is 0 Å². The highest BCUT2D eigenvalue weighted by Crippen LogP contribution is 2.30. The molecule has 6 nitrogen and oxygen atoms in total. The molecule has 2 rings (SSSR count). The van der Waals surface area contributed by atoms with Crippen molar-refractivity contribution in [1.82, 2.24) is 5.32 Å². The number of sulfone groups is 1. The molecule has 21 heavy (non-hydrogen) atoms. The summed E-state index contributed by atoms with van der Waals surface area (Å²) in [6, 6.07) is 3.00. The fourth-order valence-corrected chi connectivity index (χ4v) is 4.07. The largest absolute Gasteiger partial charge is 0.493 e. The Labute approximate surface area is 124 Å². The molecule has 1 heterocycles. The predicted octanol–water partition coefficient (Wildman–Crippen LogP) is 0.929. The molecule has 0 spiro atoms. The third kappa shape index (κ3) is 3.47. The molecule has 0 radical (unpaired) electrons. The summed E-state index contributed by atoms with van der Waals surface area (Å²) in [5, 5.41) is 2.77. The molecule has 0 aliphatic carbocycles. The Kier molecular flexibility index (Phi) is 4.41. The zero-order valence-corrected chi connectivity index (χ0v) is 13.1. The molecule has 1 N–H and O–H groups in total. The molecule has 1 unspecified atom stereocenters. The molecule has 1 aliphatic heterocycles. The summed E-state index contributed by atoms with van der Waals surface area (Å²) in [6.45, 7) is 1.79. The van der Waals surface area contributed by atoms with Crippen LogP contribution >= 0.6 is 0 Å². The third-order valence-corrected chi connectivity index (χ3v) is 5.31. The number of benzene rings is 1. The van der Waals surface area contributed by atoms with Gasteiger partial charge in [-0.3, -0.25) is 4.79 Å². The minimum atomic E-state index is -3.02. The Morgan fingerprint density at radius 2 is 1.86 bits per heavy atom. The topological polar surface area (TPSA) is 81.7 Å². The maximum Gasteiger partial charge on any atom is 0.251 e. The number of hydrogen-bond acceptors (Lipinski definition) is 5. The van der Waals surface area contributed by atoms with E-state index in [-0.39, 0.29) is 23.5 Å². The average molecular weight is 313 g/mol. The molecule has 0 saturated carbocycles. The van der Waals surface area contributed by atoms with Crippen LogP contribution in [0.25, 0.3) is 0 Å². The first-order chi connectivity index (χ1) is 9.86. The first-order valence-electron chi connectivity index (χ1n) is 6.60. The van der Waals surface area contributed by atoms with Crippen molar-refractivity contribution in [2.45, 2.75) is 19.4 Å². The van der Waals surface area contributed by atoms with Gasteiger partial charge in [-0.2, -0.15) is 0 Å². The van der Waals surface area contributed by atoms with Crippen LogP contribution in [0.15, 0.2) is 12.1 Å². The van der Waals surface area contributed by atoms with Crippen LogP contribution in [0, 0.1) is 6.92 Å². The Morgan fingerprint density at radius 3 is 2.38 bits per heavy atom. The predicted molar refractivity (Wildman–Crippen MR) is 78.8 cm³/mol. The standard InChI is InChI=1S/C14H19NO5S/c1-9-6-12(19-2)13(20-3)7-11(9)14(16)15-10-4-5-21(17,18)8-10/h6-7,10H,4-5,8H2,1-3H3,(H,15,16). The van der Waals surface area contributed by atoms with Crippen molar-refractivity contribution in [1.29, 1.82) is 0 Å². The minimum absolute atomic E-state index is 0.00504. The Morgan fingerprint density at radius 1 is 1.24 bits per heavy atom. The number of methoxy groups -OCH3 is 2.